The van der Waals surface area contributed by atoms with Gasteiger partial charge in [-0.2, -0.15) is 0 Å². The summed E-state index contributed by atoms with van der Waals surface area (Å²) in [5.41, 5.74) is 0. The Hall–Kier alpha value is -0.0800. The molecule has 0 rings (SSSR count). The summed E-state index contributed by atoms with van der Waals surface area (Å²) in [5, 5.41) is 17.9. The summed E-state index contributed by atoms with van der Waals surface area (Å²) in [6.07, 6.45) is 0.662. The number of hydrogen-bond donors (Lipinski definition) is 2. The molecule has 1 atom stereocenters. The van der Waals surface area contributed by atoms with Crippen LogP contribution in [-0.2, 0) is 0 Å². The maximum absolute atomic E-state index is 9.20. The van der Waals surface area contributed by atoms with Crippen LogP contribution in [0.25, 0.3) is 0 Å². The largest absolute Gasteiger partial charge is 0.393 e. The summed E-state index contributed by atoms with van der Waals surface area (Å²) in [6, 6.07) is 0. The predicted octanol–water partition coefficient (Wildman–Crippen LogP) is 3.07. The second-order valence-electron chi connectivity index (χ2n) is 5.46. The van der Waals surface area contributed by atoms with E-state index in [-0.39, 0.29) is 12.2 Å². The highest BCUT2D eigenvalue weighted by Crippen LogP contribution is 2.10. The molecular formula is C13H30O2. The number of aliphatic hydroxyl groups is 2. The van der Waals surface area contributed by atoms with Gasteiger partial charge in [-0.3, -0.25) is 0 Å². The van der Waals surface area contributed by atoms with Crippen molar-refractivity contribution in [1.29, 1.82) is 0 Å². The molecule has 2 nitrogen and oxygen atoms in total. The third-order valence-electron chi connectivity index (χ3n) is 2.18. The minimum Gasteiger partial charge on any atom is -0.393 e. The Kier molecular flexibility index (Phi) is 10.6. The number of hydrogen-bond acceptors (Lipinski definition) is 2. The Bertz CT molecular complexity index is 114. The van der Waals surface area contributed by atoms with Gasteiger partial charge in [-0.15, -0.1) is 0 Å². The van der Waals surface area contributed by atoms with Crippen molar-refractivity contribution in [2.75, 3.05) is 0 Å². The molecule has 0 spiro atoms. The van der Waals surface area contributed by atoms with Crippen LogP contribution in [0.3, 0.4) is 0 Å². The van der Waals surface area contributed by atoms with E-state index in [0.29, 0.717) is 17.8 Å². The van der Waals surface area contributed by atoms with Gasteiger partial charge in [0.1, 0.15) is 0 Å². The molecule has 0 saturated heterocycles. The van der Waals surface area contributed by atoms with Crippen molar-refractivity contribution in [3.63, 3.8) is 0 Å². The predicted molar refractivity (Wildman–Crippen MR) is 66.8 cm³/mol. The van der Waals surface area contributed by atoms with Gasteiger partial charge in [-0.1, -0.05) is 41.5 Å². The lowest BCUT2D eigenvalue weighted by atomic mass is 9.97. The minimum atomic E-state index is -0.130. The molecule has 1 unspecified atom stereocenters. The molecule has 0 amide bonds. The fraction of sp³-hybridized carbons (Fsp3) is 1.00. The Balaban J connectivity index is 0. The summed E-state index contributed by atoms with van der Waals surface area (Å²) in [7, 11) is 0. The molecule has 0 heterocycles. The van der Waals surface area contributed by atoms with E-state index in [9.17, 15) is 5.11 Å². The highest BCUT2D eigenvalue weighted by Gasteiger charge is 2.11. The monoisotopic (exact) mass is 218 g/mol. The third kappa shape index (κ3) is 13.9. The lowest BCUT2D eigenvalue weighted by Crippen LogP contribution is -2.20. The third-order valence-corrected chi connectivity index (χ3v) is 2.18. The zero-order chi connectivity index (χ0) is 12.6. The molecule has 0 aliphatic carbocycles. The summed E-state index contributed by atoms with van der Waals surface area (Å²) >= 11 is 0. The SMILES string of the molecule is CC(C)C(O)C(C)C.CC(C)CC(C)O. The van der Waals surface area contributed by atoms with Gasteiger partial charge in [-0.05, 0) is 31.1 Å². The van der Waals surface area contributed by atoms with Gasteiger partial charge in [0.05, 0.1) is 12.2 Å². The minimum absolute atomic E-state index is 0.125. The highest BCUT2D eigenvalue weighted by atomic mass is 16.3. The van der Waals surface area contributed by atoms with E-state index in [1.165, 1.54) is 0 Å². The van der Waals surface area contributed by atoms with E-state index >= 15 is 0 Å². The van der Waals surface area contributed by atoms with Crippen molar-refractivity contribution in [3.8, 4) is 0 Å². The van der Waals surface area contributed by atoms with Gasteiger partial charge in [0, 0.05) is 0 Å². The van der Waals surface area contributed by atoms with Crippen LogP contribution in [-0.4, -0.2) is 22.4 Å². The molecule has 2 heteroatoms. The van der Waals surface area contributed by atoms with Crippen LogP contribution in [0.2, 0.25) is 0 Å². The number of aliphatic hydroxyl groups excluding tert-OH is 2. The van der Waals surface area contributed by atoms with Gasteiger partial charge < -0.3 is 10.2 Å². The van der Waals surface area contributed by atoms with E-state index in [1.807, 2.05) is 34.6 Å². The molecule has 0 aromatic carbocycles. The molecule has 0 fully saturated rings. The van der Waals surface area contributed by atoms with E-state index in [2.05, 4.69) is 13.8 Å². The molecule has 0 aliphatic rings. The second kappa shape index (κ2) is 9.17. The summed E-state index contributed by atoms with van der Waals surface area (Å²) in [6.45, 7) is 14.2. The van der Waals surface area contributed by atoms with Crippen LogP contribution in [0.5, 0.6) is 0 Å². The first-order valence-electron chi connectivity index (χ1n) is 6.04. The fourth-order valence-electron chi connectivity index (χ4n) is 1.45. The molecule has 94 valence electrons. The van der Waals surface area contributed by atoms with Gasteiger partial charge in [-0.25, -0.2) is 0 Å². The first-order valence-corrected chi connectivity index (χ1v) is 6.04. The first-order chi connectivity index (χ1) is 6.68. The molecular weight excluding hydrogens is 188 g/mol. The quantitative estimate of drug-likeness (QED) is 0.761. The molecule has 2 N–H and O–H groups in total. The van der Waals surface area contributed by atoms with E-state index in [0.717, 1.165) is 6.42 Å². The lowest BCUT2D eigenvalue weighted by Gasteiger charge is -2.17. The summed E-state index contributed by atoms with van der Waals surface area (Å²) < 4.78 is 0. The average Bonchev–Trinajstić information content (AvgIpc) is 2.00. The second-order valence-corrected chi connectivity index (χ2v) is 5.46. The average molecular weight is 218 g/mol. The van der Waals surface area contributed by atoms with Crippen LogP contribution in [0, 0.1) is 17.8 Å². The van der Waals surface area contributed by atoms with E-state index < -0.39 is 0 Å². The molecule has 0 aromatic rings. The maximum Gasteiger partial charge on any atom is 0.0586 e. The van der Waals surface area contributed by atoms with Crippen molar-refractivity contribution in [3.05, 3.63) is 0 Å². The van der Waals surface area contributed by atoms with Crippen LogP contribution in [0.15, 0.2) is 0 Å². The van der Waals surface area contributed by atoms with Crippen molar-refractivity contribution >= 4 is 0 Å². The topological polar surface area (TPSA) is 40.5 Å². The van der Waals surface area contributed by atoms with E-state index in [4.69, 9.17) is 5.11 Å². The molecule has 0 radical (unpaired) electrons. The van der Waals surface area contributed by atoms with Gasteiger partial charge in [0.2, 0.25) is 0 Å². The van der Waals surface area contributed by atoms with E-state index in [1.54, 1.807) is 0 Å². The standard InChI is InChI=1S/C7H16O.C6H14O/c1-5(2)7(8)6(3)4;1-5(2)4-6(3)7/h5-8H,1-4H3;5-7H,4H2,1-3H3. The summed E-state index contributed by atoms with van der Waals surface area (Å²) in [4.78, 5) is 0. The molecule has 0 bridgehead atoms. The number of rotatable bonds is 4. The van der Waals surface area contributed by atoms with Gasteiger partial charge >= 0.3 is 0 Å². The Morgan fingerprint density at radius 1 is 0.733 bits per heavy atom. The van der Waals surface area contributed by atoms with Crippen molar-refractivity contribution in [2.24, 2.45) is 17.8 Å². The van der Waals surface area contributed by atoms with Gasteiger partial charge in [0.25, 0.3) is 0 Å². The fourth-order valence-corrected chi connectivity index (χ4v) is 1.45. The van der Waals surface area contributed by atoms with Crippen LogP contribution < -0.4 is 0 Å². The first kappa shape index (κ1) is 17.3. The highest BCUT2D eigenvalue weighted by molar-refractivity contribution is 4.62. The smallest absolute Gasteiger partial charge is 0.0586 e. The molecule has 0 aliphatic heterocycles. The van der Waals surface area contributed by atoms with Crippen molar-refractivity contribution < 1.29 is 10.2 Å². The van der Waals surface area contributed by atoms with Crippen LogP contribution in [0.1, 0.15) is 54.9 Å². The molecule has 0 saturated carbocycles. The van der Waals surface area contributed by atoms with Crippen molar-refractivity contribution in [1.82, 2.24) is 0 Å². The van der Waals surface area contributed by atoms with Crippen LogP contribution in [0.4, 0.5) is 0 Å². The zero-order valence-corrected chi connectivity index (χ0v) is 11.5. The van der Waals surface area contributed by atoms with Crippen LogP contribution >= 0.6 is 0 Å². The normalized spacial score (nSPS) is 13.4. The Labute approximate surface area is 95.7 Å². The Morgan fingerprint density at radius 3 is 1.07 bits per heavy atom. The lowest BCUT2D eigenvalue weighted by molar-refractivity contribution is 0.0801. The zero-order valence-electron chi connectivity index (χ0n) is 11.5. The molecule has 0 aromatic heterocycles. The summed E-state index contributed by atoms with van der Waals surface area (Å²) in [5.74, 6) is 1.42. The maximum atomic E-state index is 9.20. The van der Waals surface area contributed by atoms with Gasteiger partial charge in [0.15, 0.2) is 0 Å². The molecule has 15 heavy (non-hydrogen) atoms. The Morgan fingerprint density at radius 2 is 1.07 bits per heavy atom. The van der Waals surface area contributed by atoms with Crippen molar-refractivity contribution in [2.45, 2.75) is 67.1 Å².